The lowest BCUT2D eigenvalue weighted by atomic mass is 10.0. The maximum absolute atomic E-state index is 12.2. The highest BCUT2D eigenvalue weighted by Crippen LogP contribution is 2.47. The van der Waals surface area contributed by atoms with Crippen LogP contribution < -0.4 is 23.7 Å². The Morgan fingerprint density at radius 2 is 1.54 bits per heavy atom. The first-order chi connectivity index (χ1) is 17.1. The molecule has 1 heterocycles. The van der Waals surface area contributed by atoms with Gasteiger partial charge >= 0.3 is 5.97 Å². The number of esters is 1. The molecule has 3 rings (SSSR count). The van der Waals surface area contributed by atoms with E-state index in [1.54, 1.807) is 12.1 Å². The summed E-state index contributed by atoms with van der Waals surface area (Å²) in [6, 6.07) is 8.39. The molecule has 1 aliphatic rings. The Labute approximate surface area is 203 Å². The molecule has 0 aromatic heterocycles. The summed E-state index contributed by atoms with van der Waals surface area (Å²) < 4.78 is 54.7. The summed E-state index contributed by atoms with van der Waals surface area (Å²) in [5.74, 6) is 1.31. The van der Waals surface area contributed by atoms with Crippen molar-refractivity contribution in [1.29, 1.82) is 0 Å². The molecule has 1 aliphatic heterocycles. The van der Waals surface area contributed by atoms with E-state index in [1.807, 2.05) is 6.07 Å². The Balaban J connectivity index is 2.01. The number of rotatable bonds is 13. The van der Waals surface area contributed by atoms with Gasteiger partial charge in [-0.2, -0.15) is 0 Å². The number of benzene rings is 2. The molecule has 0 fully saturated rings. The Kier molecular flexibility index (Phi) is 9.79. The van der Waals surface area contributed by atoms with Crippen molar-refractivity contribution in [3.8, 4) is 28.7 Å². The van der Waals surface area contributed by atoms with Gasteiger partial charge in [-0.3, -0.25) is 0 Å². The van der Waals surface area contributed by atoms with Crippen LogP contribution in [0.15, 0.2) is 30.3 Å². The van der Waals surface area contributed by atoms with Gasteiger partial charge in [-0.15, -0.1) is 0 Å². The first-order valence-corrected chi connectivity index (χ1v) is 10.6. The van der Waals surface area contributed by atoms with Crippen LogP contribution in [0, 0.1) is 0 Å². The molecule has 0 aliphatic carbocycles. The van der Waals surface area contributed by atoms with Crippen molar-refractivity contribution in [3.63, 3.8) is 0 Å². The van der Waals surface area contributed by atoms with Gasteiger partial charge in [0.05, 0.1) is 26.4 Å². The quantitative estimate of drug-likeness (QED) is 0.233. The second kappa shape index (κ2) is 13.0. The summed E-state index contributed by atoms with van der Waals surface area (Å²) in [5.41, 5.74) is 0.959. The molecule has 35 heavy (non-hydrogen) atoms. The third-order valence-electron chi connectivity index (χ3n) is 4.97. The Morgan fingerprint density at radius 1 is 0.829 bits per heavy atom. The van der Waals surface area contributed by atoms with Crippen molar-refractivity contribution in [3.05, 3.63) is 41.5 Å². The van der Waals surface area contributed by atoms with E-state index < -0.39 is 18.2 Å². The summed E-state index contributed by atoms with van der Waals surface area (Å²) in [6.45, 7) is 0.223. The van der Waals surface area contributed by atoms with E-state index in [0.717, 1.165) is 5.56 Å². The van der Waals surface area contributed by atoms with Gasteiger partial charge in [-0.25, -0.2) is 4.79 Å². The van der Waals surface area contributed by atoms with E-state index in [1.165, 1.54) is 47.7 Å². The molecule has 11 nitrogen and oxygen atoms in total. The SMILES string of the molecule is COCOCC1Oc2c(OCOC)cc(C(=O)OC)cc2OC1c1ccc(OCOC)c(OC)c1. The Hall–Kier alpha value is -3.25. The number of ether oxygens (including phenoxy) is 10. The molecule has 2 aromatic carbocycles. The Morgan fingerprint density at radius 3 is 2.20 bits per heavy atom. The summed E-state index contributed by atoms with van der Waals surface area (Å²) in [4.78, 5) is 12.2. The van der Waals surface area contributed by atoms with Crippen LogP contribution in [0.1, 0.15) is 22.0 Å². The zero-order chi connectivity index (χ0) is 25.2. The number of fused-ring (bicyclic) bond motifs is 1. The zero-order valence-corrected chi connectivity index (χ0v) is 20.4. The molecule has 192 valence electrons. The summed E-state index contributed by atoms with van der Waals surface area (Å²) in [5, 5.41) is 0. The fraction of sp³-hybridized carbons (Fsp3) is 0.458. The van der Waals surface area contributed by atoms with Crippen LogP contribution >= 0.6 is 0 Å². The standard InChI is InChI=1S/C24H30O11/c1-26-12-31-11-21-22(15-6-7-17(32-13-27-2)18(8-15)29-4)34-20-10-16(24(25)30-5)9-19(23(20)35-21)33-14-28-3/h6-10,21-22H,11-14H2,1-5H3. The minimum absolute atomic E-state index is 0.0607. The third-order valence-corrected chi connectivity index (χ3v) is 4.97. The average molecular weight is 494 g/mol. The van der Waals surface area contributed by atoms with Gasteiger partial charge in [0.1, 0.15) is 6.79 Å². The van der Waals surface area contributed by atoms with Crippen molar-refractivity contribution >= 4 is 5.97 Å². The van der Waals surface area contributed by atoms with Crippen molar-refractivity contribution in [2.75, 3.05) is 62.5 Å². The van der Waals surface area contributed by atoms with E-state index in [9.17, 15) is 4.79 Å². The second-order valence-corrected chi connectivity index (χ2v) is 7.28. The van der Waals surface area contributed by atoms with E-state index in [0.29, 0.717) is 23.0 Å². The van der Waals surface area contributed by atoms with Crippen LogP contribution in [0.4, 0.5) is 0 Å². The first-order valence-electron chi connectivity index (χ1n) is 10.6. The predicted octanol–water partition coefficient (Wildman–Crippen LogP) is 2.95. The van der Waals surface area contributed by atoms with E-state index in [4.69, 9.17) is 47.4 Å². The van der Waals surface area contributed by atoms with Gasteiger partial charge < -0.3 is 47.4 Å². The topological polar surface area (TPSA) is 109 Å². The molecule has 0 saturated carbocycles. The van der Waals surface area contributed by atoms with Gasteiger partial charge in [0.15, 0.2) is 48.8 Å². The molecule has 0 amide bonds. The lowest BCUT2D eigenvalue weighted by molar-refractivity contribution is -0.0880. The molecule has 0 spiro atoms. The monoisotopic (exact) mass is 494 g/mol. The average Bonchev–Trinajstić information content (AvgIpc) is 2.89. The minimum Gasteiger partial charge on any atom is -0.493 e. The van der Waals surface area contributed by atoms with Gasteiger partial charge in [-0.05, 0) is 24.3 Å². The van der Waals surface area contributed by atoms with Crippen LogP contribution in [-0.2, 0) is 23.7 Å². The van der Waals surface area contributed by atoms with Crippen molar-refractivity contribution in [2.24, 2.45) is 0 Å². The van der Waals surface area contributed by atoms with E-state index in [-0.39, 0.29) is 38.3 Å². The largest absolute Gasteiger partial charge is 0.493 e. The number of hydrogen-bond acceptors (Lipinski definition) is 11. The van der Waals surface area contributed by atoms with Gasteiger partial charge in [0, 0.05) is 26.9 Å². The summed E-state index contributed by atoms with van der Waals surface area (Å²) in [6.07, 6.45) is -1.23. The molecule has 0 N–H and O–H groups in total. The summed E-state index contributed by atoms with van der Waals surface area (Å²) in [7, 11) is 7.37. The fourth-order valence-electron chi connectivity index (χ4n) is 3.43. The lowest BCUT2D eigenvalue weighted by Crippen LogP contribution is -2.37. The molecular formula is C24H30O11. The van der Waals surface area contributed by atoms with Crippen molar-refractivity contribution in [2.45, 2.75) is 12.2 Å². The Bertz CT molecular complexity index is 978. The van der Waals surface area contributed by atoms with Crippen LogP contribution in [0.3, 0.4) is 0 Å². The predicted molar refractivity (Wildman–Crippen MR) is 121 cm³/mol. The number of carbonyl (C=O) groups is 1. The first kappa shape index (κ1) is 26.4. The maximum atomic E-state index is 12.2. The molecule has 2 atom stereocenters. The van der Waals surface area contributed by atoms with Gasteiger partial charge in [0.25, 0.3) is 0 Å². The molecule has 11 heteroatoms. The molecule has 0 bridgehead atoms. The van der Waals surface area contributed by atoms with Crippen molar-refractivity contribution in [1.82, 2.24) is 0 Å². The molecule has 0 radical (unpaired) electrons. The molecule has 0 saturated heterocycles. The molecule has 2 unspecified atom stereocenters. The molecule has 2 aromatic rings. The van der Waals surface area contributed by atoms with Crippen LogP contribution in [0.25, 0.3) is 0 Å². The highest BCUT2D eigenvalue weighted by atomic mass is 16.7. The van der Waals surface area contributed by atoms with Crippen LogP contribution in [0.2, 0.25) is 0 Å². The molecular weight excluding hydrogens is 464 g/mol. The highest BCUT2D eigenvalue weighted by molar-refractivity contribution is 5.91. The lowest BCUT2D eigenvalue weighted by Gasteiger charge is -2.35. The number of hydrogen-bond donors (Lipinski definition) is 0. The van der Waals surface area contributed by atoms with E-state index >= 15 is 0 Å². The fourth-order valence-corrected chi connectivity index (χ4v) is 3.43. The van der Waals surface area contributed by atoms with Gasteiger partial charge in [0.2, 0.25) is 5.75 Å². The van der Waals surface area contributed by atoms with Crippen molar-refractivity contribution < 1.29 is 52.2 Å². The second-order valence-electron chi connectivity index (χ2n) is 7.28. The highest BCUT2D eigenvalue weighted by Gasteiger charge is 2.36. The normalized spacial score (nSPS) is 16.5. The van der Waals surface area contributed by atoms with E-state index in [2.05, 4.69) is 0 Å². The smallest absolute Gasteiger partial charge is 0.338 e. The van der Waals surface area contributed by atoms with Gasteiger partial charge in [-0.1, -0.05) is 6.07 Å². The van der Waals surface area contributed by atoms with Crippen LogP contribution in [0.5, 0.6) is 28.7 Å². The number of carbonyl (C=O) groups excluding carboxylic acids is 1. The number of methoxy groups -OCH3 is 5. The third kappa shape index (κ3) is 6.45. The summed E-state index contributed by atoms with van der Waals surface area (Å²) >= 11 is 0. The minimum atomic E-state index is -0.632. The maximum Gasteiger partial charge on any atom is 0.338 e. The zero-order valence-electron chi connectivity index (χ0n) is 20.4. The van der Waals surface area contributed by atoms with Crippen LogP contribution in [-0.4, -0.2) is 74.6 Å².